The van der Waals surface area contributed by atoms with Gasteiger partial charge in [0.15, 0.2) is 0 Å². The molecule has 0 spiro atoms. The second-order valence-electron chi connectivity index (χ2n) is 4.88. The third-order valence-corrected chi connectivity index (χ3v) is 4.03. The summed E-state index contributed by atoms with van der Waals surface area (Å²) in [7, 11) is 0. The molecule has 2 N–H and O–H groups in total. The minimum Gasteiger partial charge on any atom is -0.363 e. The molecule has 0 bridgehead atoms. The van der Waals surface area contributed by atoms with Crippen molar-refractivity contribution in [2.24, 2.45) is 5.73 Å². The molecule has 0 fully saturated rings. The Hall–Kier alpha value is -1.51. The molecule has 3 heteroatoms. The van der Waals surface area contributed by atoms with Crippen molar-refractivity contribution in [2.45, 2.75) is 12.5 Å². The van der Waals surface area contributed by atoms with Gasteiger partial charge in [0, 0.05) is 23.8 Å². The molecule has 1 unspecified atom stereocenters. The third kappa shape index (κ3) is 2.34. The summed E-state index contributed by atoms with van der Waals surface area (Å²) in [6.07, 6.45) is 1.10. The molecule has 0 aromatic heterocycles. The van der Waals surface area contributed by atoms with E-state index in [1.54, 1.807) is 0 Å². The molecule has 1 aliphatic rings. The number of nitrogens with zero attached hydrogens (tertiary/aromatic N) is 1. The van der Waals surface area contributed by atoms with Crippen LogP contribution in [-0.2, 0) is 6.42 Å². The predicted molar refractivity (Wildman–Crippen MR) is 80.7 cm³/mol. The topological polar surface area (TPSA) is 29.3 Å². The van der Waals surface area contributed by atoms with Crippen molar-refractivity contribution in [3.8, 4) is 0 Å². The van der Waals surface area contributed by atoms with Gasteiger partial charge in [0.25, 0.3) is 0 Å². The molecule has 1 aliphatic heterocycles. The van der Waals surface area contributed by atoms with E-state index in [0.29, 0.717) is 6.54 Å². The summed E-state index contributed by atoms with van der Waals surface area (Å²) < 4.78 is 0. The van der Waals surface area contributed by atoms with Crippen LogP contribution in [0.3, 0.4) is 0 Å². The van der Waals surface area contributed by atoms with Crippen LogP contribution < -0.4 is 10.6 Å². The molecule has 19 heavy (non-hydrogen) atoms. The standard InChI is InChI=1S/C16H17ClN2/c17-14-7-5-13(6-8-14)16(11-18)19-10-9-12-3-1-2-4-15(12)19/h1-8,16H,9-11,18H2. The van der Waals surface area contributed by atoms with Crippen molar-refractivity contribution in [2.75, 3.05) is 18.0 Å². The highest BCUT2D eigenvalue weighted by Gasteiger charge is 2.25. The van der Waals surface area contributed by atoms with Gasteiger partial charge in [-0.15, -0.1) is 0 Å². The van der Waals surface area contributed by atoms with Gasteiger partial charge in [0.1, 0.15) is 0 Å². The highest BCUT2D eigenvalue weighted by molar-refractivity contribution is 6.30. The number of rotatable bonds is 3. The number of halogens is 1. The quantitative estimate of drug-likeness (QED) is 0.928. The first-order chi connectivity index (χ1) is 9.29. The minimum atomic E-state index is 0.223. The summed E-state index contributed by atoms with van der Waals surface area (Å²) >= 11 is 5.96. The zero-order valence-electron chi connectivity index (χ0n) is 10.7. The summed E-state index contributed by atoms with van der Waals surface area (Å²) in [5, 5.41) is 0.765. The highest BCUT2D eigenvalue weighted by Crippen LogP contribution is 2.34. The molecule has 0 saturated heterocycles. The summed E-state index contributed by atoms with van der Waals surface area (Å²) in [4.78, 5) is 2.40. The first-order valence-corrected chi connectivity index (χ1v) is 6.97. The third-order valence-electron chi connectivity index (χ3n) is 3.78. The Labute approximate surface area is 118 Å². The van der Waals surface area contributed by atoms with E-state index in [1.807, 2.05) is 12.1 Å². The van der Waals surface area contributed by atoms with Crippen molar-refractivity contribution in [3.63, 3.8) is 0 Å². The Balaban J connectivity index is 1.94. The maximum atomic E-state index is 6.01. The van der Waals surface area contributed by atoms with Gasteiger partial charge in [-0.25, -0.2) is 0 Å². The van der Waals surface area contributed by atoms with E-state index in [-0.39, 0.29) is 6.04 Å². The SMILES string of the molecule is NCC(c1ccc(Cl)cc1)N1CCc2ccccc21. The lowest BCUT2D eigenvalue weighted by Crippen LogP contribution is -2.32. The highest BCUT2D eigenvalue weighted by atomic mass is 35.5. The van der Waals surface area contributed by atoms with Crippen molar-refractivity contribution in [1.29, 1.82) is 0 Å². The van der Waals surface area contributed by atoms with Crippen LogP contribution in [0.2, 0.25) is 5.02 Å². The molecular weight excluding hydrogens is 256 g/mol. The lowest BCUT2D eigenvalue weighted by molar-refractivity contribution is 0.649. The van der Waals surface area contributed by atoms with Gasteiger partial charge >= 0.3 is 0 Å². The fourth-order valence-electron chi connectivity index (χ4n) is 2.82. The van der Waals surface area contributed by atoms with Crippen molar-refractivity contribution in [3.05, 3.63) is 64.7 Å². The van der Waals surface area contributed by atoms with E-state index in [9.17, 15) is 0 Å². The normalized spacial score (nSPS) is 15.4. The Bertz CT molecular complexity index is 565. The van der Waals surface area contributed by atoms with E-state index < -0.39 is 0 Å². The maximum absolute atomic E-state index is 6.01. The van der Waals surface area contributed by atoms with Gasteiger partial charge in [-0.3, -0.25) is 0 Å². The van der Waals surface area contributed by atoms with E-state index in [1.165, 1.54) is 16.8 Å². The van der Waals surface area contributed by atoms with Gasteiger partial charge in [-0.2, -0.15) is 0 Å². The number of hydrogen-bond donors (Lipinski definition) is 1. The number of nitrogens with two attached hydrogens (primary N) is 1. The lowest BCUT2D eigenvalue weighted by Gasteiger charge is -2.30. The van der Waals surface area contributed by atoms with Crippen LogP contribution in [0.25, 0.3) is 0 Å². The molecule has 0 radical (unpaired) electrons. The number of fused-ring (bicyclic) bond motifs is 1. The predicted octanol–water partition coefficient (Wildman–Crippen LogP) is 3.40. The van der Waals surface area contributed by atoms with Crippen molar-refractivity contribution >= 4 is 17.3 Å². The Morgan fingerprint density at radius 2 is 1.84 bits per heavy atom. The van der Waals surface area contributed by atoms with Gasteiger partial charge in [-0.05, 0) is 35.7 Å². The molecule has 0 amide bonds. The number of benzene rings is 2. The molecule has 1 heterocycles. The van der Waals surface area contributed by atoms with Gasteiger partial charge in [-0.1, -0.05) is 41.9 Å². The summed E-state index contributed by atoms with van der Waals surface area (Å²) in [6, 6.07) is 16.8. The van der Waals surface area contributed by atoms with Crippen molar-refractivity contribution in [1.82, 2.24) is 0 Å². The Morgan fingerprint density at radius 3 is 2.58 bits per heavy atom. The van der Waals surface area contributed by atoms with Crippen LogP contribution in [0.15, 0.2) is 48.5 Å². The molecule has 2 aromatic carbocycles. The maximum Gasteiger partial charge on any atom is 0.0665 e. The zero-order chi connectivity index (χ0) is 13.2. The molecule has 98 valence electrons. The number of hydrogen-bond acceptors (Lipinski definition) is 2. The second-order valence-corrected chi connectivity index (χ2v) is 5.31. The lowest BCUT2D eigenvalue weighted by atomic mass is 10.1. The van der Waals surface area contributed by atoms with Crippen LogP contribution in [0, 0.1) is 0 Å². The van der Waals surface area contributed by atoms with E-state index in [0.717, 1.165) is 18.0 Å². The number of anilines is 1. The van der Waals surface area contributed by atoms with Gasteiger partial charge in [0.2, 0.25) is 0 Å². The van der Waals surface area contributed by atoms with Crippen LogP contribution in [0.5, 0.6) is 0 Å². The average Bonchev–Trinajstić information content (AvgIpc) is 2.86. The first kappa shape index (κ1) is 12.5. The van der Waals surface area contributed by atoms with Crippen LogP contribution in [0.1, 0.15) is 17.2 Å². The average molecular weight is 273 g/mol. The molecule has 0 saturated carbocycles. The fourth-order valence-corrected chi connectivity index (χ4v) is 2.94. The summed E-state index contributed by atoms with van der Waals surface area (Å²) in [5.41, 5.74) is 9.96. The van der Waals surface area contributed by atoms with Crippen LogP contribution in [-0.4, -0.2) is 13.1 Å². The first-order valence-electron chi connectivity index (χ1n) is 6.59. The molecule has 3 rings (SSSR count). The molecule has 0 aliphatic carbocycles. The van der Waals surface area contributed by atoms with E-state index >= 15 is 0 Å². The van der Waals surface area contributed by atoms with Crippen LogP contribution >= 0.6 is 11.6 Å². The Kier molecular flexibility index (Phi) is 3.45. The number of para-hydroxylation sites is 1. The largest absolute Gasteiger partial charge is 0.363 e. The zero-order valence-corrected chi connectivity index (χ0v) is 11.5. The monoisotopic (exact) mass is 272 g/mol. The van der Waals surface area contributed by atoms with Crippen molar-refractivity contribution < 1.29 is 0 Å². The van der Waals surface area contributed by atoms with Gasteiger partial charge < -0.3 is 10.6 Å². The molecule has 1 atom stereocenters. The summed E-state index contributed by atoms with van der Waals surface area (Å²) in [6.45, 7) is 1.64. The van der Waals surface area contributed by atoms with Crippen LogP contribution in [0.4, 0.5) is 5.69 Å². The van der Waals surface area contributed by atoms with Gasteiger partial charge in [0.05, 0.1) is 6.04 Å². The summed E-state index contributed by atoms with van der Waals surface area (Å²) in [5.74, 6) is 0. The second kappa shape index (κ2) is 5.24. The van der Waals surface area contributed by atoms with E-state index in [4.69, 9.17) is 17.3 Å². The Morgan fingerprint density at radius 1 is 1.11 bits per heavy atom. The molecule has 2 aromatic rings. The molecular formula is C16H17ClN2. The fraction of sp³-hybridized carbons (Fsp3) is 0.250. The minimum absolute atomic E-state index is 0.223. The smallest absolute Gasteiger partial charge is 0.0665 e. The van der Waals surface area contributed by atoms with E-state index in [2.05, 4.69) is 41.3 Å². The molecule has 2 nitrogen and oxygen atoms in total.